The number of rotatable bonds is 2. The van der Waals surface area contributed by atoms with E-state index < -0.39 is 0 Å². The number of hydrogen-bond acceptors (Lipinski definition) is 3. The Kier molecular flexibility index (Phi) is 3.80. The summed E-state index contributed by atoms with van der Waals surface area (Å²) in [5.41, 5.74) is 0. The third kappa shape index (κ3) is 3.07. The summed E-state index contributed by atoms with van der Waals surface area (Å²) in [6, 6.07) is 0.0745. The molecule has 2 fully saturated rings. The number of urea groups is 1. The topological polar surface area (TPSA) is 53.6 Å². The fraction of sp³-hybridized carbons (Fsp3) is 0.900. The maximum atomic E-state index is 11.5. The Morgan fingerprint density at radius 3 is 3.27 bits per heavy atom. The summed E-state index contributed by atoms with van der Waals surface area (Å²) in [7, 11) is 0. The number of carbonyl (C=O) groups excluding carboxylic acids is 1. The number of ether oxygens (including phenoxy) is 1. The van der Waals surface area contributed by atoms with Gasteiger partial charge in [-0.1, -0.05) is 0 Å². The Bertz CT molecular complexity index is 215. The fourth-order valence-electron chi connectivity index (χ4n) is 2.04. The van der Waals surface area contributed by atoms with Crippen LogP contribution in [0, 0.1) is 5.92 Å². The summed E-state index contributed by atoms with van der Waals surface area (Å²) in [5, 5.41) is 6.18. The zero-order chi connectivity index (χ0) is 10.5. The minimum absolute atomic E-state index is 0.0745. The highest BCUT2D eigenvalue weighted by atomic mass is 16.5. The maximum absolute atomic E-state index is 11.5. The Balaban J connectivity index is 1.80. The second-order valence-corrected chi connectivity index (χ2v) is 4.18. The summed E-state index contributed by atoms with van der Waals surface area (Å²) in [6.07, 6.45) is 1.05. The molecule has 15 heavy (non-hydrogen) atoms. The molecule has 2 heterocycles. The number of amides is 2. The molecule has 5 nitrogen and oxygen atoms in total. The van der Waals surface area contributed by atoms with Crippen molar-refractivity contribution in [3.63, 3.8) is 0 Å². The van der Waals surface area contributed by atoms with Crippen LogP contribution < -0.4 is 10.6 Å². The number of nitrogens with one attached hydrogen (secondary N) is 2. The van der Waals surface area contributed by atoms with E-state index in [-0.39, 0.29) is 6.03 Å². The summed E-state index contributed by atoms with van der Waals surface area (Å²) >= 11 is 0. The van der Waals surface area contributed by atoms with Gasteiger partial charge in [-0.25, -0.2) is 4.79 Å². The third-order valence-electron chi connectivity index (χ3n) is 2.86. The minimum atomic E-state index is 0.0745. The smallest absolute Gasteiger partial charge is 0.317 e. The average molecular weight is 213 g/mol. The Morgan fingerprint density at radius 1 is 1.47 bits per heavy atom. The molecule has 2 aliphatic heterocycles. The van der Waals surface area contributed by atoms with Crippen LogP contribution in [0.3, 0.4) is 0 Å². The molecular formula is C10H19N3O2. The van der Waals surface area contributed by atoms with Crippen LogP contribution in [0.25, 0.3) is 0 Å². The summed E-state index contributed by atoms with van der Waals surface area (Å²) in [5.74, 6) is 0.427. The molecule has 0 aromatic rings. The minimum Gasteiger partial charge on any atom is -0.380 e. The van der Waals surface area contributed by atoms with Crippen LogP contribution >= 0.6 is 0 Å². The van der Waals surface area contributed by atoms with Crippen LogP contribution in [-0.2, 0) is 4.74 Å². The van der Waals surface area contributed by atoms with Crippen LogP contribution in [0.2, 0.25) is 0 Å². The second kappa shape index (κ2) is 5.32. The van der Waals surface area contributed by atoms with Crippen molar-refractivity contribution in [1.29, 1.82) is 0 Å². The van der Waals surface area contributed by atoms with Crippen LogP contribution in [0.15, 0.2) is 0 Å². The van der Waals surface area contributed by atoms with Crippen molar-refractivity contribution in [3.05, 3.63) is 0 Å². The van der Waals surface area contributed by atoms with Crippen LogP contribution in [-0.4, -0.2) is 56.9 Å². The predicted octanol–water partition coefficient (Wildman–Crippen LogP) is -0.362. The van der Waals surface area contributed by atoms with E-state index in [1.54, 1.807) is 0 Å². The third-order valence-corrected chi connectivity index (χ3v) is 2.86. The lowest BCUT2D eigenvalue weighted by Crippen LogP contribution is -2.49. The molecule has 0 bridgehead atoms. The van der Waals surface area contributed by atoms with Gasteiger partial charge in [0.05, 0.1) is 13.2 Å². The van der Waals surface area contributed by atoms with Crippen molar-refractivity contribution >= 4 is 6.03 Å². The van der Waals surface area contributed by atoms with Crippen molar-refractivity contribution in [2.75, 3.05) is 45.9 Å². The number of hydrogen-bond donors (Lipinski definition) is 2. The molecular weight excluding hydrogens is 194 g/mol. The van der Waals surface area contributed by atoms with Crippen LogP contribution in [0.5, 0.6) is 0 Å². The SMILES string of the molecule is O=C1NCCCN1CC1CNCCOC1. The molecule has 5 heteroatoms. The Morgan fingerprint density at radius 2 is 2.40 bits per heavy atom. The molecule has 0 radical (unpaired) electrons. The molecule has 0 saturated carbocycles. The summed E-state index contributed by atoms with van der Waals surface area (Å²) in [4.78, 5) is 13.4. The van der Waals surface area contributed by atoms with Gasteiger partial charge in [-0.15, -0.1) is 0 Å². The van der Waals surface area contributed by atoms with Crippen molar-refractivity contribution in [2.45, 2.75) is 6.42 Å². The van der Waals surface area contributed by atoms with E-state index in [2.05, 4.69) is 10.6 Å². The normalized spacial score (nSPS) is 28.4. The van der Waals surface area contributed by atoms with E-state index in [1.165, 1.54) is 0 Å². The monoisotopic (exact) mass is 213 g/mol. The highest BCUT2D eigenvalue weighted by Gasteiger charge is 2.22. The highest BCUT2D eigenvalue weighted by molar-refractivity contribution is 5.74. The van der Waals surface area contributed by atoms with Gasteiger partial charge in [-0.2, -0.15) is 0 Å². The molecule has 0 aliphatic carbocycles. The zero-order valence-corrected chi connectivity index (χ0v) is 9.00. The van der Waals surface area contributed by atoms with Gasteiger partial charge in [0.15, 0.2) is 0 Å². The Labute approximate surface area is 90.1 Å². The van der Waals surface area contributed by atoms with E-state index in [1.807, 2.05) is 4.90 Å². The lowest BCUT2D eigenvalue weighted by Gasteiger charge is -2.30. The van der Waals surface area contributed by atoms with Crippen LogP contribution in [0.4, 0.5) is 4.79 Å². The molecule has 1 unspecified atom stereocenters. The summed E-state index contributed by atoms with van der Waals surface area (Å²) < 4.78 is 5.46. The molecule has 2 rings (SSSR count). The van der Waals surface area contributed by atoms with E-state index in [9.17, 15) is 4.79 Å². The van der Waals surface area contributed by atoms with Gasteiger partial charge in [0, 0.05) is 38.6 Å². The molecule has 2 aliphatic rings. The first-order valence-corrected chi connectivity index (χ1v) is 5.67. The molecule has 1 atom stereocenters. The molecule has 2 amide bonds. The molecule has 2 saturated heterocycles. The van der Waals surface area contributed by atoms with Gasteiger partial charge in [-0.05, 0) is 6.42 Å². The van der Waals surface area contributed by atoms with Crippen LogP contribution in [0.1, 0.15) is 6.42 Å². The molecule has 86 valence electrons. The van der Waals surface area contributed by atoms with Gasteiger partial charge in [0.25, 0.3) is 0 Å². The lowest BCUT2D eigenvalue weighted by molar-refractivity contribution is 0.105. The average Bonchev–Trinajstić information content (AvgIpc) is 2.50. The van der Waals surface area contributed by atoms with Crippen molar-refractivity contribution in [1.82, 2.24) is 15.5 Å². The maximum Gasteiger partial charge on any atom is 0.317 e. The van der Waals surface area contributed by atoms with Crippen molar-refractivity contribution < 1.29 is 9.53 Å². The zero-order valence-electron chi connectivity index (χ0n) is 9.00. The van der Waals surface area contributed by atoms with Gasteiger partial charge in [0.1, 0.15) is 0 Å². The van der Waals surface area contributed by atoms with Gasteiger partial charge in [-0.3, -0.25) is 0 Å². The lowest BCUT2D eigenvalue weighted by atomic mass is 10.1. The number of nitrogens with zero attached hydrogens (tertiary/aromatic N) is 1. The first-order chi connectivity index (χ1) is 7.36. The van der Waals surface area contributed by atoms with Crippen molar-refractivity contribution in [3.8, 4) is 0 Å². The van der Waals surface area contributed by atoms with E-state index >= 15 is 0 Å². The van der Waals surface area contributed by atoms with E-state index in [0.717, 1.165) is 52.4 Å². The fourth-order valence-corrected chi connectivity index (χ4v) is 2.04. The van der Waals surface area contributed by atoms with Gasteiger partial charge < -0.3 is 20.3 Å². The highest BCUT2D eigenvalue weighted by Crippen LogP contribution is 2.06. The first-order valence-electron chi connectivity index (χ1n) is 5.67. The predicted molar refractivity (Wildman–Crippen MR) is 56.8 cm³/mol. The molecule has 0 aromatic heterocycles. The molecule has 0 spiro atoms. The van der Waals surface area contributed by atoms with Gasteiger partial charge in [0.2, 0.25) is 0 Å². The van der Waals surface area contributed by atoms with E-state index in [0.29, 0.717) is 5.92 Å². The largest absolute Gasteiger partial charge is 0.380 e. The van der Waals surface area contributed by atoms with E-state index in [4.69, 9.17) is 4.74 Å². The molecule has 0 aromatic carbocycles. The van der Waals surface area contributed by atoms with Gasteiger partial charge >= 0.3 is 6.03 Å². The summed E-state index contributed by atoms with van der Waals surface area (Å²) in [6.45, 7) is 5.90. The quantitative estimate of drug-likeness (QED) is 0.658. The second-order valence-electron chi connectivity index (χ2n) is 4.18. The number of carbonyl (C=O) groups is 1. The molecule has 2 N–H and O–H groups in total. The van der Waals surface area contributed by atoms with Crippen molar-refractivity contribution in [2.24, 2.45) is 5.92 Å². The standard InChI is InChI=1S/C10H19N3O2/c14-10-12-2-1-4-13(10)7-9-6-11-3-5-15-8-9/h9,11H,1-8H2,(H,12,14). The first kappa shape index (κ1) is 10.7. The Hall–Kier alpha value is -0.810.